The molecule has 1 N–H and O–H groups in total. The molecule has 1 amide bonds. The normalized spacial score (nSPS) is 25.6. The highest BCUT2D eigenvalue weighted by atomic mass is 35.5. The molecule has 2 fully saturated rings. The first kappa shape index (κ1) is 21.9. The van der Waals surface area contributed by atoms with E-state index in [0.717, 1.165) is 0 Å². The van der Waals surface area contributed by atoms with Gasteiger partial charge in [0, 0.05) is 31.8 Å². The maximum atomic E-state index is 13.1. The molecule has 0 spiro atoms. The Kier molecular flexibility index (Phi) is 6.19. The first-order chi connectivity index (χ1) is 12.6. The molecular weight excluding hydrogens is 407 g/mol. The summed E-state index contributed by atoms with van der Waals surface area (Å²) in [6.45, 7) is -0.728. The SMILES string of the molecule is Cl.O=C(O)[C@@H]1CN(C2CCN(c3cccc([N+](=O)[O-])c3)C2=O)C[C@H]1C(F)(F)F. The highest BCUT2D eigenvalue weighted by Gasteiger charge is 2.55. The molecule has 154 valence electrons. The number of amides is 1. The van der Waals surface area contributed by atoms with Crippen LogP contribution in [0.1, 0.15) is 6.42 Å². The van der Waals surface area contributed by atoms with Gasteiger partial charge in [0.2, 0.25) is 5.91 Å². The van der Waals surface area contributed by atoms with Crippen LogP contribution in [-0.2, 0) is 9.59 Å². The first-order valence-corrected chi connectivity index (χ1v) is 8.19. The number of carbonyl (C=O) groups is 2. The standard InChI is InChI=1S/C16H16F3N3O5.ClH/c17-16(18,19)12-8-20(7-11(12)15(24)25)13-4-5-21(14(13)23)9-2-1-3-10(6-9)22(26)27;/h1-3,6,11-13H,4-5,7-8H2,(H,24,25);1H/t11-,12-,13?;/m1./s1. The van der Waals surface area contributed by atoms with Gasteiger partial charge in [-0.05, 0) is 12.5 Å². The molecule has 8 nitrogen and oxygen atoms in total. The Morgan fingerprint density at radius 2 is 1.96 bits per heavy atom. The smallest absolute Gasteiger partial charge is 0.393 e. The summed E-state index contributed by atoms with van der Waals surface area (Å²) in [5.41, 5.74) is 0.0889. The van der Waals surface area contributed by atoms with Crippen LogP contribution in [0.2, 0.25) is 0 Å². The van der Waals surface area contributed by atoms with Crippen molar-refractivity contribution in [3.63, 3.8) is 0 Å². The molecule has 0 radical (unpaired) electrons. The number of aliphatic carboxylic acids is 1. The second-order valence-electron chi connectivity index (χ2n) is 6.62. The zero-order valence-electron chi connectivity index (χ0n) is 14.3. The molecule has 1 unspecified atom stereocenters. The number of carbonyl (C=O) groups excluding carboxylic acids is 1. The lowest BCUT2D eigenvalue weighted by atomic mass is 9.96. The largest absolute Gasteiger partial charge is 0.481 e. The number of likely N-dealkylation sites (tertiary alicyclic amines) is 1. The number of carboxylic acid groups (broad SMARTS) is 1. The van der Waals surface area contributed by atoms with Crippen molar-refractivity contribution < 1.29 is 32.8 Å². The number of non-ortho nitro benzene ring substituents is 1. The van der Waals surface area contributed by atoms with Gasteiger partial charge >= 0.3 is 12.1 Å². The van der Waals surface area contributed by atoms with Crippen LogP contribution < -0.4 is 4.90 Å². The van der Waals surface area contributed by atoms with Crippen molar-refractivity contribution >= 4 is 35.7 Å². The molecule has 0 saturated carbocycles. The summed E-state index contributed by atoms with van der Waals surface area (Å²) in [5.74, 6) is -5.68. The molecule has 2 aliphatic heterocycles. The number of hydrogen-bond acceptors (Lipinski definition) is 5. The lowest BCUT2D eigenvalue weighted by Crippen LogP contribution is -2.41. The lowest BCUT2D eigenvalue weighted by Gasteiger charge is -2.23. The molecule has 2 heterocycles. The summed E-state index contributed by atoms with van der Waals surface area (Å²) in [4.78, 5) is 36.7. The van der Waals surface area contributed by atoms with Crippen molar-refractivity contribution in [3.05, 3.63) is 34.4 Å². The van der Waals surface area contributed by atoms with E-state index in [4.69, 9.17) is 5.11 Å². The Labute approximate surface area is 163 Å². The lowest BCUT2D eigenvalue weighted by molar-refractivity contribution is -0.384. The highest BCUT2D eigenvalue weighted by Crippen LogP contribution is 2.40. The Morgan fingerprint density at radius 1 is 1.29 bits per heavy atom. The number of rotatable bonds is 4. The first-order valence-electron chi connectivity index (χ1n) is 8.19. The van der Waals surface area contributed by atoms with E-state index in [0.29, 0.717) is 0 Å². The molecule has 2 aliphatic rings. The Morgan fingerprint density at radius 3 is 2.50 bits per heavy atom. The van der Waals surface area contributed by atoms with Crippen LogP contribution in [0.3, 0.4) is 0 Å². The van der Waals surface area contributed by atoms with E-state index in [1.165, 1.54) is 34.1 Å². The van der Waals surface area contributed by atoms with Crippen molar-refractivity contribution in [3.8, 4) is 0 Å². The molecule has 3 rings (SSSR count). The zero-order valence-corrected chi connectivity index (χ0v) is 15.2. The minimum atomic E-state index is -4.67. The van der Waals surface area contributed by atoms with Crippen LogP contribution in [0, 0.1) is 22.0 Å². The van der Waals surface area contributed by atoms with E-state index in [1.807, 2.05) is 0 Å². The Balaban J connectivity index is 0.00000280. The molecule has 1 aromatic rings. The predicted octanol–water partition coefficient (Wildman–Crippen LogP) is 2.32. The molecule has 2 saturated heterocycles. The fourth-order valence-corrected chi connectivity index (χ4v) is 3.71. The number of nitrogens with zero attached hydrogens (tertiary/aromatic N) is 3. The minimum absolute atomic E-state index is 0. The van der Waals surface area contributed by atoms with E-state index in [1.54, 1.807) is 0 Å². The van der Waals surface area contributed by atoms with Gasteiger partial charge in [-0.3, -0.25) is 24.6 Å². The number of hydrogen-bond donors (Lipinski definition) is 1. The third kappa shape index (κ3) is 4.04. The van der Waals surface area contributed by atoms with Gasteiger partial charge in [0.1, 0.15) is 0 Å². The van der Waals surface area contributed by atoms with Crippen molar-refractivity contribution in [1.29, 1.82) is 0 Å². The van der Waals surface area contributed by atoms with Crippen LogP contribution >= 0.6 is 12.4 Å². The summed E-state index contributed by atoms with van der Waals surface area (Å²) >= 11 is 0. The highest BCUT2D eigenvalue weighted by molar-refractivity contribution is 5.99. The van der Waals surface area contributed by atoms with Gasteiger partial charge in [-0.25, -0.2) is 0 Å². The molecule has 12 heteroatoms. The van der Waals surface area contributed by atoms with Crippen LogP contribution in [0.15, 0.2) is 24.3 Å². The van der Waals surface area contributed by atoms with Crippen molar-refractivity contribution in [2.45, 2.75) is 18.6 Å². The molecular formula is C16H17ClF3N3O5. The Hall–Kier alpha value is -2.40. The molecule has 28 heavy (non-hydrogen) atoms. The third-order valence-electron chi connectivity index (χ3n) is 5.06. The number of carboxylic acids is 1. The number of nitro groups is 1. The Bertz CT molecular complexity index is 791. The van der Waals surface area contributed by atoms with Crippen LogP contribution in [0.5, 0.6) is 0 Å². The second-order valence-corrected chi connectivity index (χ2v) is 6.62. The maximum Gasteiger partial charge on any atom is 0.393 e. The molecule has 1 aromatic carbocycles. The van der Waals surface area contributed by atoms with Crippen molar-refractivity contribution in [2.24, 2.45) is 11.8 Å². The van der Waals surface area contributed by atoms with Gasteiger partial charge in [-0.1, -0.05) is 6.07 Å². The van der Waals surface area contributed by atoms with Crippen molar-refractivity contribution in [1.82, 2.24) is 4.90 Å². The molecule has 0 bridgehead atoms. The monoisotopic (exact) mass is 423 g/mol. The van der Waals surface area contributed by atoms with E-state index >= 15 is 0 Å². The van der Waals surface area contributed by atoms with E-state index in [-0.39, 0.29) is 43.3 Å². The summed E-state index contributed by atoms with van der Waals surface area (Å²) in [5, 5.41) is 20.0. The van der Waals surface area contributed by atoms with Gasteiger partial charge in [0.05, 0.1) is 28.5 Å². The summed E-state index contributed by atoms with van der Waals surface area (Å²) in [6, 6.07) is 4.55. The molecule has 0 aromatic heterocycles. The summed E-state index contributed by atoms with van der Waals surface area (Å²) in [6.07, 6.45) is -4.45. The van der Waals surface area contributed by atoms with Gasteiger partial charge < -0.3 is 10.0 Å². The number of anilines is 1. The number of nitro benzene ring substituents is 1. The summed E-state index contributed by atoms with van der Waals surface area (Å²) < 4.78 is 39.4. The van der Waals surface area contributed by atoms with Gasteiger partial charge in [-0.2, -0.15) is 13.2 Å². The summed E-state index contributed by atoms with van der Waals surface area (Å²) in [7, 11) is 0. The predicted molar refractivity (Wildman–Crippen MR) is 93.3 cm³/mol. The third-order valence-corrected chi connectivity index (χ3v) is 5.06. The quantitative estimate of drug-likeness (QED) is 0.588. The van der Waals surface area contributed by atoms with E-state index in [9.17, 15) is 32.9 Å². The van der Waals surface area contributed by atoms with Crippen molar-refractivity contribution in [2.75, 3.05) is 24.5 Å². The molecule has 0 aliphatic carbocycles. The topological polar surface area (TPSA) is 104 Å². The van der Waals surface area contributed by atoms with Crippen LogP contribution in [-0.4, -0.2) is 58.7 Å². The number of halogens is 4. The molecule has 3 atom stereocenters. The van der Waals surface area contributed by atoms with E-state index < -0.39 is 47.4 Å². The maximum absolute atomic E-state index is 13.1. The van der Waals surface area contributed by atoms with E-state index in [2.05, 4.69) is 0 Å². The van der Waals surface area contributed by atoms with Gasteiger partial charge in [0.25, 0.3) is 5.69 Å². The van der Waals surface area contributed by atoms with Crippen LogP contribution in [0.25, 0.3) is 0 Å². The average molecular weight is 424 g/mol. The minimum Gasteiger partial charge on any atom is -0.481 e. The van der Waals surface area contributed by atoms with Gasteiger partial charge in [-0.15, -0.1) is 12.4 Å². The second kappa shape index (κ2) is 7.92. The zero-order chi connectivity index (χ0) is 19.9. The number of alkyl halides is 3. The number of benzene rings is 1. The van der Waals surface area contributed by atoms with Crippen LogP contribution in [0.4, 0.5) is 24.5 Å². The van der Waals surface area contributed by atoms with Gasteiger partial charge in [0.15, 0.2) is 0 Å². The fourth-order valence-electron chi connectivity index (χ4n) is 3.71. The average Bonchev–Trinajstić information content (AvgIpc) is 3.18. The fraction of sp³-hybridized carbons (Fsp3) is 0.500.